The zero-order valence-electron chi connectivity index (χ0n) is 12.8. The van der Waals surface area contributed by atoms with Gasteiger partial charge >= 0.3 is 0 Å². The third-order valence-corrected chi connectivity index (χ3v) is 4.17. The highest BCUT2D eigenvalue weighted by Crippen LogP contribution is 2.12. The van der Waals surface area contributed by atoms with E-state index in [4.69, 9.17) is 6.42 Å². The van der Waals surface area contributed by atoms with Crippen LogP contribution in [0.1, 0.15) is 5.69 Å². The van der Waals surface area contributed by atoms with Gasteiger partial charge in [-0.15, -0.1) is 6.42 Å². The molecule has 22 heavy (non-hydrogen) atoms. The summed E-state index contributed by atoms with van der Waals surface area (Å²) in [6, 6.07) is 7.65. The predicted molar refractivity (Wildman–Crippen MR) is 87.6 cm³/mol. The summed E-state index contributed by atoms with van der Waals surface area (Å²) >= 11 is 0. The van der Waals surface area contributed by atoms with Crippen LogP contribution in [0.25, 0.3) is 10.8 Å². The summed E-state index contributed by atoms with van der Waals surface area (Å²) in [5.41, 5.74) is 0.869. The van der Waals surface area contributed by atoms with Gasteiger partial charge in [-0.1, -0.05) is 24.1 Å². The maximum Gasteiger partial charge on any atom is 0.275 e. The molecule has 3 rings (SSSR count). The van der Waals surface area contributed by atoms with E-state index in [0.717, 1.165) is 42.6 Å². The first-order valence-corrected chi connectivity index (χ1v) is 7.53. The van der Waals surface area contributed by atoms with E-state index in [0.29, 0.717) is 13.2 Å². The van der Waals surface area contributed by atoms with Crippen LogP contribution in [0.5, 0.6) is 0 Å². The van der Waals surface area contributed by atoms with E-state index in [-0.39, 0.29) is 5.56 Å². The van der Waals surface area contributed by atoms with Crippen LogP contribution in [0, 0.1) is 19.3 Å². The van der Waals surface area contributed by atoms with E-state index in [1.807, 2.05) is 31.2 Å². The van der Waals surface area contributed by atoms with Gasteiger partial charge in [0.25, 0.3) is 5.56 Å². The third-order valence-electron chi connectivity index (χ3n) is 4.17. The summed E-state index contributed by atoms with van der Waals surface area (Å²) in [5, 5.41) is 6.14. The number of benzene rings is 1. The van der Waals surface area contributed by atoms with E-state index in [1.54, 1.807) is 4.68 Å². The first-order chi connectivity index (χ1) is 10.7. The van der Waals surface area contributed by atoms with Gasteiger partial charge in [-0.25, -0.2) is 4.68 Å². The number of hydrogen-bond donors (Lipinski definition) is 0. The Bertz CT molecular complexity index is 766. The number of nitrogens with zero attached hydrogens (tertiary/aromatic N) is 4. The molecule has 114 valence electrons. The van der Waals surface area contributed by atoms with Crippen molar-refractivity contribution in [3.63, 3.8) is 0 Å². The number of rotatable bonds is 3. The van der Waals surface area contributed by atoms with Gasteiger partial charge in [0.15, 0.2) is 0 Å². The minimum absolute atomic E-state index is 0.0211. The van der Waals surface area contributed by atoms with Crippen LogP contribution >= 0.6 is 0 Å². The van der Waals surface area contributed by atoms with Crippen LogP contribution < -0.4 is 5.56 Å². The highest BCUT2D eigenvalue weighted by atomic mass is 16.1. The van der Waals surface area contributed by atoms with Gasteiger partial charge in [0.05, 0.1) is 24.3 Å². The van der Waals surface area contributed by atoms with Gasteiger partial charge in [-0.05, 0) is 13.0 Å². The van der Waals surface area contributed by atoms with Crippen LogP contribution in [0.15, 0.2) is 29.1 Å². The Hall–Kier alpha value is -2.16. The highest BCUT2D eigenvalue weighted by molar-refractivity contribution is 5.83. The van der Waals surface area contributed by atoms with Crippen LogP contribution in [0.3, 0.4) is 0 Å². The minimum atomic E-state index is -0.0211. The molecule has 5 nitrogen and oxygen atoms in total. The lowest BCUT2D eigenvalue weighted by atomic mass is 10.1. The summed E-state index contributed by atoms with van der Waals surface area (Å²) in [6.45, 7) is 6.86. The van der Waals surface area contributed by atoms with E-state index in [1.165, 1.54) is 0 Å². The van der Waals surface area contributed by atoms with Gasteiger partial charge in [-0.2, -0.15) is 5.10 Å². The molecule has 0 bridgehead atoms. The van der Waals surface area contributed by atoms with Crippen molar-refractivity contribution in [2.24, 2.45) is 0 Å². The highest BCUT2D eigenvalue weighted by Gasteiger charge is 2.17. The number of aryl methyl sites for hydroxylation is 1. The molecule has 1 aliphatic heterocycles. The van der Waals surface area contributed by atoms with Gasteiger partial charge in [0.2, 0.25) is 0 Å². The first-order valence-electron chi connectivity index (χ1n) is 7.53. The Morgan fingerprint density at radius 2 is 1.77 bits per heavy atom. The van der Waals surface area contributed by atoms with E-state index < -0.39 is 0 Å². The van der Waals surface area contributed by atoms with Crippen molar-refractivity contribution in [2.45, 2.75) is 13.6 Å². The molecule has 0 amide bonds. The average Bonchev–Trinajstić information content (AvgIpc) is 2.54. The van der Waals surface area contributed by atoms with Crippen molar-refractivity contribution < 1.29 is 0 Å². The van der Waals surface area contributed by atoms with E-state index >= 15 is 0 Å². The number of fused-ring (bicyclic) bond motifs is 1. The van der Waals surface area contributed by atoms with Gasteiger partial charge in [0.1, 0.15) is 0 Å². The molecule has 0 unspecified atom stereocenters. The lowest BCUT2D eigenvalue weighted by Gasteiger charge is -2.33. The maximum atomic E-state index is 12.6. The lowest BCUT2D eigenvalue weighted by Crippen LogP contribution is -2.48. The fourth-order valence-corrected chi connectivity index (χ4v) is 2.91. The third kappa shape index (κ3) is 2.89. The summed E-state index contributed by atoms with van der Waals surface area (Å²) < 4.78 is 1.58. The second kappa shape index (κ2) is 6.30. The molecular formula is C17H20N4O. The zero-order chi connectivity index (χ0) is 15.5. The SMILES string of the molecule is C#CCN1CCN(Cn2nc(C)c3ccccc3c2=O)CC1. The molecule has 1 saturated heterocycles. The Morgan fingerprint density at radius 1 is 1.14 bits per heavy atom. The summed E-state index contributed by atoms with van der Waals surface area (Å²) in [7, 11) is 0. The second-order valence-electron chi connectivity index (χ2n) is 5.68. The fourth-order valence-electron chi connectivity index (χ4n) is 2.91. The zero-order valence-corrected chi connectivity index (χ0v) is 12.8. The molecule has 1 aliphatic rings. The van der Waals surface area contributed by atoms with Crippen LogP contribution in [-0.2, 0) is 6.67 Å². The molecule has 0 atom stereocenters. The smallest absolute Gasteiger partial charge is 0.275 e. The molecular weight excluding hydrogens is 276 g/mol. The largest absolute Gasteiger partial charge is 0.290 e. The van der Waals surface area contributed by atoms with Gasteiger partial charge < -0.3 is 0 Å². The summed E-state index contributed by atoms with van der Waals surface area (Å²) in [5.74, 6) is 2.68. The topological polar surface area (TPSA) is 41.4 Å². The van der Waals surface area contributed by atoms with Crippen molar-refractivity contribution in [2.75, 3.05) is 32.7 Å². The molecule has 2 heterocycles. The van der Waals surface area contributed by atoms with Crippen LogP contribution in [0.2, 0.25) is 0 Å². The molecule has 0 saturated carbocycles. The summed E-state index contributed by atoms with van der Waals surface area (Å²) in [6.07, 6.45) is 5.35. The molecule has 2 aromatic rings. The van der Waals surface area contributed by atoms with Crippen LogP contribution in [-0.4, -0.2) is 52.3 Å². The molecule has 5 heteroatoms. The number of terminal acetylenes is 1. The van der Waals surface area contributed by atoms with Gasteiger partial charge in [0, 0.05) is 31.6 Å². The molecule has 1 fully saturated rings. The molecule has 1 aromatic heterocycles. The van der Waals surface area contributed by atoms with Gasteiger partial charge in [-0.3, -0.25) is 14.6 Å². The number of aromatic nitrogens is 2. The Balaban J connectivity index is 1.79. The molecule has 0 N–H and O–H groups in total. The Kier molecular flexibility index (Phi) is 4.23. The Labute approximate surface area is 130 Å². The standard InChI is InChI=1S/C17H20N4O/c1-3-8-19-9-11-20(12-10-19)13-21-17(22)16-7-5-4-6-15(16)14(2)18-21/h1,4-7H,8-13H2,2H3. The second-order valence-corrected chi connectivity index (χ2v) is 5.68. The normalized spacial score (nSPS) is 16.7. The molecule has 0 spiro atoms. The van der Waals surface area contributed by atoms with Crippen molar-refractivity contribution in [3.05, 3.63) is 40.3 Å². The molecule has 0 radical (unpaired) electrons. The first kappa shape index (κ1) is 14.8. The fraction of sp³-hybridized carbons (Fsp3) is 0.412. The van der Waals surface area contributed by atoms with Crippen LogP contribution in [0.4, 0.5) is 0 Å². The van der Waals surface area contributed by atoms with Crippen molar-refractivity contribution >= 4 is 10.8 Å². The van der Waals surface area contributed by atoms with Crippen molar-refractivity contribution in [3.8, 4) is 12.3 Å². The molecule has 1 aromatic carbocycles. The average molecular weight is 296 g/mol. The molecule has 0 aliphatic carbocycles. The van der Waals surface area contributed by atoms with Crippen molar-refractivity contribution in [1.82, 2.24) is 19.6 Å². The monoisotopic (exact) mass is 296 g/mol. The van der Waals surface area contributed by atoms with Crippen molar-refractivity contribution in [1.29, 1.82) is 0 Å². The number of piperazine rings is 1. The minimum Gasteiger partial charge on any atom is -0.290 e. The lowest BCUT2D eigenvalue weighted by molar-refractivity contribution is 0.110. The number of hydrogen-bond acceptors (Lipinski definition) is 4. The quantitative estimate of drug-likeness (QED) is 0.790. The van der Waals surface area contributed by atoms with E-state index in [9.17, 15) is 4.79 Å². The van der Waals surface area contributed by atoms with E-state index in [2.05, 4.69) is 20.8 Å². The Morgan fingerprint density at radius 3 is 2.45 bits per heavy atom. The predicted octanol–water partition coefficient (Wildman–Crippen LogP) is 0.913. The maximum absolute atomic E-state index is 12.6. The summed E-state index contributed by atoms with van der Waals surface area (Å²) in [4.78, 5) is 17.1.